The Morgan fingerprint density at radius 3 is 2.52 bits per heavy atom. The summed E-state index contributed by atoms with van der Waals surface area (Å²) < 4.78 is 39.1. The van der Waals surface area contributed by atoms with Crippen molar-refractivity contribution in [3.05, 3.63) is 59.9 Å². The van der Waals surface area contributed by atoms with E-state index in [4.69, 9.17) is 0 Å². The highest BCUT2D eigenvalue weighted by Gasteiger charge is 2.33. The van der Waals surface area contributed by atoms with E-state index in [9.17, 15) is 17.6 Å². The highest BCUT2D eigenvalue weighted by molar-refractivity contribution is 7.89. The van der Waals surface area contributed by atoms with Crippen LogP contribution in [0.25, 0.3) is 0 Å². The number of hydrogen-bond acceptors (Lipinski definition) is 3. The Bertz CT molecular complexity index is 897. The molecule has 0 fully saturated rings. The molecular formula is C18H19FN2O3S. The third-order valence-electron chi connectivity index (χ3n) is 4.36. The number of amides is 1. The standard InChI is InChI=1S/C18H19FN2O3S/c1-13-11-14-5-3-4-6-17(14)21(13)18(22)12-20(2)25(23,24)16-9-7-15(19)8-10-16/h3-10,13H,11-12H2,1-2H3/t13-/m1/s1. The van der Waals surface area contributed by atoms with Gasteiger partial charge < -0.3 is 4.90 Å². The molecule has 1 aliphatic rings. The fourth-order valence-electron chi connectivity index (χ4n) is 3.08. The van der Waals surface area contributed by atoms with Crippen molar-refractivity contribution in [2.24, 2.45) is 0 Å². The summed E-state index contributed by atoms with van der Waals surface area (Å²) in [4.78, 5) is 14.3. The molecule has 1 heterocycles. The van der Waals surface area contributed by atoms with Gasteiger partial charge in [-0.05, 0) is 49.2 Å². The molecule has 0 spiro atoms. The number of nitrogens with zero attached hydrogens (tertiary/aromatic N) is 2. The Labute approximate surface area is 146 Å². The van der Waals surface area contributed by atoms with E-state index < -0.39 is 15.8 Å². The van der Waals surface area contributed by atoms with Crippen LogP contribution in [0.3, 0.4) is 0 Å². The minimum Gasteiger partial charge on any atom is -0.308 e. The first-order valence-corrected chi connectivity index (χ1v) is 9.36. The number of rotatable bonds is 4. The maximum atomic E-state index is 13.0. The molecule has 132 valence electrons. The van der Waals surface area contributed by atoms with Crippen LogP contribution in [-0.2, 0) is 21.2 Å². The lowest BCUT2D eigenvalue weighted by Crippen LogP contribution is -2.43. The smallest absolute Gasteiger partial charge is 0.243 e. The van der Waals surface area contributed by atoms with Crippen molar-refractivity contribution in [2.75, 3.05) is 18.5 Å². The van der Waals surface area contributed by atoms with Crippen LogP contribution in [0.2, 0.25) is 0 Å². The van der Waals surface area contributed by atoms with E-state index in [1.54, 1.807) is 4.90 Å². The topological polar surface area (TPSA) is 57.7 Å². The summed E-state index contributed by atoms with van der Waals surface area (Å²) in [7, 11) is -2.51. The van der Waals surface area contributed by atoms with Crippen LogP contribution in [0.4, 0.5) is 10.1 Å². The van der Waals surface area contributed by atoms with Gasteiger partial charge in [0, 0.05) is 18.8 Å². The van der Waals surface area contributed by atoms with Gasteiger partial charge in [-0.15, -0.1) is 0 Å². The van der Waals surface area contributed by atoms with E-state index in [0.29, 0.717) is 0 Å². The molecule has 1 aliphatic heterocycles. The first-order valence-electron chi connectivity index (χ1n) is 7.92. The lowest BCUT2D eigenvalue weighted by Gasteiger charge is -2.25. The average Bonchev–Trinajstić information content (AvgIpc) is 2.90. The molecule has 2 aromatic rings. The summed E-state index contributed by atoms with van der Waals surface area (Å²) >= 11 is 0. The van der Waals surface area contributed by atoms with Gasteiger partial charge in [-0.1, -0.05) is 18.2 Å². The molecule has 0 aliphatic carbocycles. The van der Waals surface area contributed by atoms with Gasteiger partial charge in [-0.3, -0.25) is 4.79 Å². The van der Waals surface area contributed by atoms with Crippen LogP contribution in [0.15, 0.2) is 53.4 Å². The summed E-state index contributed by atoms with van der Waals surface area (Å²) in [6, 6.07) is 12.2. The average molecular weight is 362 g/mol. The summed E-state index contributed by atoms with van der Waals surface area (Å²) in [5.74, 6) is -0.800. The lowest BCUT2D eigenvalue weighted by molar-refractivity contribution is -0.118. The van der Waals surface area contributed by atoms with Gasteiger partial charge in [0.05, 0.1) is 11.4 Å². The molecule has 7 heteroatoms. The number of anilines is 1. The maximum Gasteiger partial charge on any atom is 0.243 e. The van der Waals surface area contributed by atoms with E-state index in [0.717, 1.165) is 34.1 Å². The van der Waals surface area contributed by atoms with Crippen molar-refractivity contribution < 1.29 is 17.6 Å². The quantitative estimate of drug-likeness (QED) is 0.839. The van der Waals surface area contributed by atoms with Crippen LogP contribution in [-0.4, -0.2) is 38.3 Å². The minimum atomic E-state index is -3.86. The van der Waals surface area contributed by atoms with Gasteiger partial charge in [-0.25, -0.2) is 12.8 Å². The summed E-state index contributed by atoms with van der Waals surface area (Å²) in [5.41, 5.74) is 1.90. The van der Waals surface area contributed by atoms with Gasteiger partial charge in [0.2, 0.25) is 15.9 Å². The van der Waals surface area contributed by atoms with Crippen molar-refractivity contribution in [3.63, 3.8) is 0 Å². The number of benzene rings is 2. The van der Waals surface area contributed by atoms with Crippen molar-refractivity contribution in [1.82, 2.24) is 4.31 Å². The van der Waals surface area contributed by atoms with Gasteiger partial charge in [-0.2, -0.15) is 4.31 Å². The number of para-hydroxylation sites is 1. The zero-order valence-corrected chi connectivity index (χ0v) is 14.8. The minimum absolute atomic E-state index is 0.0215. The molecule has 0 bridgehead atoms. The van der Waals surface area contributed by atoms with Crippen molar-refractivity contribution in [1.29, 1.82) is 0 Å². The van der Waals surface area contributed by atoms with E-state index >= 15 is 0 Å². The van der Waals surface area contributed by atoms with Crippen molar-refractivity contribution >= 4 is 21.6 Å². The Hall–Kier alpha value is -2.25. The number of fused-ring (bicyclic) bond motifs is 1. The largest absolute Gasteiger partial charge is 0.308 e. The fourth-order valence-corrected chi connectivity index (χ4v) is 4.20. The third-order valence-corrected chi connectivity index (χ3v) is 6.17. The molecule has 5 nitrogen and oxygen atoms in total. The van der Waals surface area contributed by atoms with Crippen LogP contribution in [0, 0.1) is 5.82 Å². The summed E-state index contributed by atoms with van der Waals surface area (Å²) in [6.45, 7) is 1.66. The lowest BCUT2D eigenvalue weighted by atomic mass is 10.1. The molecule has 0 saturated carbocycles. The SMILES string of the molecule is C[C@@H]1Cc2ccccc2N1C(=O)CN(C)S(=O)(=O)c1ccc(F)cc1. The molecule has 0 radical (unpaired) electrons. The van der Waals surface area contributed by atoms with Gasteiger partial charge in [0.15, 0.2) is 0 Å². The number of sulfonamides is 1. The molecule has 1 amide bonds. The molecule has 3 rings (SSSR count). The van der Waals surface area contributed by atoms with Gasteiger partial charge in [0.1, 0.15) is 5.82 Å². The van der Waals surface area contributed by atoms with Crippen molar-refractivity contribution in [3.8, 4) is 0 Å². The van der Waals surface area contributed by atoms with E-state index in [2.05, 4.69) is 0 Å². The third kappa shape index (κ3) is 3.29. The fraction of sp³-hybridized carbons (Fsp3) is 0.278. The maximum absolute atomic E-state index is 13.0. The van der Waals surface area contributed by atoms with Crippen LogP contribution in [0.1, 0.15) is 12.5 Å². The monoisotopic (exact) mass is 362 g/mol. The molecule has 2 aromatic carbocycles. The first kappa shape index (κ1) is 17.6. The molecule has 0 unspecified atom stereocenters. The zero-order valence-electron chi connectivity index (χ0n) is 14.0. The molecule has 0 saturated heterocycles. The molecule has 1 atom stereocenters. The second kappa shape index (κ2) is 6.57. The van der Waals surface area contributed by atoms with Gasteiger partial charge in [0.25, 0.3) is 0 Å². The second-order valence-corrected chi connectivity index (χ2v) is 8.21. The van der Waals surface area contributed by atoms with E-state index in [1.807, 2.05) is 31.2 Å². The summed E-state index contributed by atoms with van der Waals surface area (Å²) in [6.07, 6.45) is 0.746. The predicted octanol–water partition coefficient (Wildman–Crippen LogP) is 2.42. The normalized spacial score (nSPS) is 17.0. The number of likely N-dealkylation sites (N-methyl/N-ethyl adjacent to an activating group) is 1. The molecule has 25 heavy (non-hydrogen) atoms. The molecule has 0 N–H and O–H groups in total. The highest BCUT2D eigenvalue weighted by atomic mass is 32.2. The Morgan fingerprint density at radius 2 is 1.84 bits per heavy atom. The number of carbonyl (C=O) groups is 1. The predicted molar refractivity (Wildman–Crippen MR) is 93.3 cm³/mol. The Kier molecular flexibility index (Phi) is 4.62. The number of carbonyl (C=O) groups excluding carboxylic acids is 1. The zero-order chi connectivity index (χ0) is 18.2. The Balaban J connectivity index is 1.80. The number of halogens is 1. The van der Waals surface area contributed by atoms with Crippen LogP contribution < -0.4 is 4.90 Å². The summed E-state index contributed by atoms with van der Waals surface area (Å²) in [5, 5.41) is 0. The Morgan fingerprint density at radius 1 is 1.20 bits per heavy atom. The van der Waals surface area contributed by atoms with Crippen molar-refractivity contribution in [2.45, 2.75) is 24.3 Å². The van der Waals surface area contributed by atoms with E-state index in [-0.39, 0.29) is 23.4 Å². The first-order chi connectivity index (χ1) is 11.8. The molecule has 0 aromatic heterocycles. The van der Waals surface area contributed by atoms with Gasteiger partial charge >= 0.3 is 0 Å². The highest BCUT2D eigenvalue weighted by Crippen LogP contribution is 2.32. The number of hydrogen-bond donors (Lipinski definition) is 0. The van der Waals surface area contributed by atoms with Crippen LogP contribution in [0.5, 0.6) is 0 Å². The second-order valence-electron chi connectivity index (χ2n) is 6.16. The molecular weight excluding hydrogens is 343 g/mol. The van der Waals surface area contributed by atoms with E-state index in [1.165, 1.54) is 19.2 Å². The van der Waals surface area contributed by atoms with Crippen LogP contribution >= 0.6 is 0 Å².